The van der Waals surface area contributed by atoms with Crippen molar-refractivity contribution in [3.8, 4) is 5.75 Å². The minimum Gasteiger partial charge on any atom is -0.489 e. The predicted molar refractivity (Wildman–Crippen MR) is 59.4 cm³/mol. The van der Waals surface area contributed by atoms with Gasteiger partial charge in [-0.1, -0.05) is 29.8 Å². The van der Waals surface area contributed by atoms with Crippen LogP contribution in [0.1, 0.15) is 18.1 Å². The highest BCUT2D eigenvalue weighted by Gasteiger charge is 2.00. The number of allylic oxidation sites excluding steroid dienone is 1. The van der Waals surface area contributed by atoms with E-state index in [1.165, 1.54) is 5.56 Å². The first-order valence-electron chi connectivity index (χ1n) is 4.81. The van der Waals surface area contributed by atoms with Gasteiger partial charge in [-0.05, 0) is 19.9 Å². The van der Waals surface area contributed by atoms with Crippen molar-refractivity contribution in [1.82, 2.24) is 0 Å². The number of benzene rings is 1. The maximum Gasteiger partial charge on any atom is 0.124 e. The molecular formula is C12H17NO. The first-order valence-corrected chi connectivity index (χ1v) is 4.81. The number of hydrogen-bond acceptors (Lipinski definition) is 2. The van der Waals surface area contributed by atoms with Crippen LogP contribution >= 0.6 is 0 Å². The van der Waals surface area contributed by atoms with Crippen molar-refractivity contribution in [1.29, 1.82) is 0 Å². The standard InChI is InChI=1S/C12H17NO/c1-3-4-7-14-12-6-5-10(2)8-11(12)9-13/h3-6,8H,7,9,13H2,1-2H3. The molecule has 2 nitrogen and oxygen atoms in total. The molecular weight excluding hydrogens is 174 g/mol. The summed E-state index contributed by atoms with van der Waals surface area (Å²) < 4.78 is 5.56. The molecule has 0 amide bonds. The number of rotatable bonds is 4. The molecule has 1 aromatic carbocycles. The molecule has 0 saturated carbocycles. The van der Waals surface area contributed by atoms with E-state index in [1.54, 1.807) is 0 Å². The second kappa shape index (κ2) is 5.45. The van der Waals surface area contributed by atoms with E-state index in [9.17, 15) is 0 Å². The maximum absolute atomic E-state index is 5.63. The quantitative estimate of drug-likeness (QED) is 0.742. The monoisotopic (exact) mass is 191 g/mol. The molecule has 0 spiro atoms. The first-order chi connectivity index (χ1) is 6.77. The third kappa shape index (κ3) is 2.89. The Labute approximate surface area is 85.4 Å². The van der Waals surface area contributed by atoms with Crippen LogP contribution in [-0.4, -0.2) is 6.61 Å². The fourth-order valence-corrected chi connectivity index (χ4v) is 1.24. The molecule has 0 heterocycles. The lowest BCUT2D eigenvalue weighted by Crippen LogP contribution is -2.02. The number of nitrogens with two attached hydrogens (primary N) is 1. The third-order valence-electron chi connectivity index (χ3n) is 2.01. The van der Waals surface area contributed by atoms with Crippen LogP contribution in [0.25, 0.3) is 0 Å². The Morgan fingerprint density at radius 3 is 2.86 bits per heavy atom. The van der Waals surface area contributed by atoms with Crippen molar-refractivity contribution in [2.24, 2.45) is 5.73 Å². The van der Waals surface area contributed by atoms with E-state index in [1.807, 2.05) is 31.2 Å². The summed E-state index contributed by atoms with van der Waals surface area (Å²) in [5.41, 5.74) is 7.90. The van der Waals surface area contributed by atoms with Gasteiger partial charge >= 0.3 is 0 Å². The second-order valence-electron chi connectivity index (χ2n) is 3.20. The van der Waals surface area contributed by atoms with Gasteiger partial charge in [-0.3, -0.25) is 0 Å². The summed E-state index contributed by atoms with van der Waals surface area (Å²) in [7, 11) is 0. The van der Waals surface area contributed by atoms with E-state index < -0.39 is 0 Å². The van der Waals surface area contributed by atoms with Gasteiger partial charge in [0, 0.05) is 12.1 Å². The summed E-state index contributed by atoms with van der Waals surface area (Å²) in [5.74, 6) is 0.885. The summed E-state index contributed by atoms with van der Waals surface area (Å²) >= 11 is 0. The lowest BCUT2D eigenvalue weighted by Gasteiger charge is -2.09. The highest BCUT2D eigenvalue weighted by atomic mass is 16.5. The second-order valence-corrected chi connectivity index (χ2v) is 3.20. The fourth-order valence-electron chi connectivity index (χ4n) is 1.24. The van der Waals surface area contributed by atoms with Gasteiger partial charge in [0.25, 0.3) is 0 Å². The highest BCUT2D eigenvalue weighted by molar-refractivity contribution is 5.36. The van der Waals surface area contributed by atoms with Gasteiger partial charge in [0.2, 0.25) is 0 Å². The minimum absolute atomic E-state index is 0.521. The Bertz CT molecular complexity index is 318. The molecule has 0 radical (unpaired) electrons. The molecule has 0 unspecified atom stereocenters. The van der Waals surface area contributed by atoms with E-state index in [0.29, 0.717) is 13.2 Å². The SMILES string of the molecule is CC=CCOc1ccc(C)cc1CN. The van der Waals surface area contributed by atoms with Crippen LogP contribution in [0.2, 0.25) is 0 Å². The van der Waals surface area contributed by atoms with Crippen LogP contribution < -0.4 is 10.5 Å². The highest BCUT2D eigenvalue weighted by Crippen LogP contribution is 2.19. The van der Waals surface area contributed by atoms with E-state index in [2.05, 4.69) is 13.0 Å². The van der Waals surface area contributed by atoms with Gasteiger partial charge in [-0.15, -0.1) is 0 Å². The lowest BCUT2D eigenvalue weighted by atomic mass is 10.1. The zero-order valence-electron chi connectivity index (χ0n) is 8.79. The molecule has 0 aromatic heterocycles. The van der Waals surface area contributed by atoms with Gasteiger partial charge in [0.05, 0.1) is 0 Å². The smallest absolute Gasteiger partial charge is 0.124 e. The lowest BCUT2D eigenvalue weighted by molar-refractivity contribution is 0.358. The fraction of sp³-hybridized carbons (Fsp3) is 0.333. The van der Waals surface area contributed by atoms with Crippen molar-refractivity contribution in [2.45, 2.75) is 20.4 Å². The molecule has 0 fully saturated rings. The average molecular weight is 191 g/mol. The van der Waals surface area contributed by atoms with Crippen LogP contribution in [0, 0.1) is 6.92 Å². The zero-order chi connectivity index (χ0) is 10.4. The minimum atomic E-state index is 0.521. The summed E-state index contributed by atoms with van der Waals surface area (Å²) in [5, 5.41) is 0. The number of aryl methyl sites for hydroxylation is 1. The van der Waals surface area contributed by atoms with E-state index in [4.69, 9.17) is 10.5 Å². The molecule has 0 bridgehead atoms. The molecule has 0 aliphatic heterocycles. The van der Waals surface area contributed by atoms with Gasteiger partial charge in [-0.2, -0.15) is 0 Å². The normalized spacial score (nSPS) is 10.8. The summed E-state index contributed by atoms with van der Waals surface area (Å²) in [6.45, 7) is 5.15. The zero-order valence-corrected chi connectivity index (χ0v) is 8.79. The molecule has 0 saturated heterocycles. The summed E-state index contributed by atoms with van der Waals surface area (Å²) in [4.78, 5) is 0. The molecule has 2 heteroatoms. The van der Waals surface area contributed by atoms with Gasteiger partial charge in [0.15, 0.2) is 0 Å². The van der Waals surface area contributed by atoms with Crippen molar-refractivity contribution in [3.63, 3.8) is 0 Å². The number of ether oxygens (including phenoxy) is 1. The Morgan fingerprint density at radius 2 is 2.21 bits per heavy atom. The van der Waals surface area contributed by atoms with Gasteiger partial charge in [-0.25, -0.2) is 0 Å². The molecule has 0 aliphatic rings. The van der Waals surface area contributed by atoms with Crippen LogP contribution in [-0.2, 0) is 6.54 Å². The largest absolute Gasteiger partial charge is 0.489 e. The molecule has 1 aromatic rings. The molecule has 0 aliphatic carbocycles. The summed E-state index contributed by atoms with van der Waals surface area (Å²) in [6.07, 6.45) is 3.94. The average Bonchev–Trinajstić information content (AvgIpc) is 2.20. The summed E-state index contributed by atoms with van der Waals surface area (Å²) in [6, 6.07) is 6.07. The van der Waals surface area contributed by atoms with E-state index in [-0.39, 0.29) is 0 Å². The van der Waals surface area contributed by atoms with Crippen molar-refractivity contribution < 1.29 is 4.74 Å². The van der Waals surface area contributed by atoms with Gasteiger partial charge < -0.3 is 10.5 Å². The molecule has 76 valence electrons. The van der Waals surface area contributed by atoms with E-state index in [0.717, 1.165) is 11.3 Å². The Hall–Kier alpha value is -1.28. The van der Waals surface area contributed by atoms with Crippen molar-refractivity contribution in [3.05, 3.63) is 41.5 Å². The van der Waals surface area contributed by atoms with Crippen LogP contribution in [0.3, 0.4) is 0 Å². The van der Waals surface area contributed by atoms with E-state index >= 15 is 0 Å². The van der Waals surface area contributed by atoms with Crippen molar-refractivity contribution in [2.75, 3.05) is 6.61 Å². The van der Waals surface area contributed by atoms with Gasteiger partial charge in [0.1, 0.15) is 12.4 Å². The predicted octanol–water partition coefficient (Wildman–Crippen LogP) is 2.41. The molecule has 14 heavy (non-hydrogen) atoms. The molecule has 2 N–H and O–H groups in total. The third-order valence-corrected chi connectivity index (χ3v) is 2.01. The molecule has 0 atom stereocenters. The molecule has 1 rings (SSSR count). The first kappa shape index (κ1) is 10.8. The topological polar surface area (TPSA) is 35.2 Å². The number of hydrogen-bond donors (Lipinski definition) is 1. The van der Waals surface area contributed by atoms with Crippen molar-refractivity contribution >= 4 is 0 Å². The maximum atomic E-state index is 5.63. The Kier molecular flexibility index (Phi) is 4.20. The Balaban J connectivity index is 2.74. The van der Waals surface area contributed by atoms with Crippen LogP contribution in [0.5, 0.6) is 5.75 Å². The Morgan fingerprint density at radius 1 is 1.43 bits per heavy atom. The van der Waals surface area contributed by atoms with Crippen LogP contribution in [0.15, 0.2) is 30.4 Å². The van der Waals surface area contributed by atoms with Crippen LogP contribution in [0.4, 0.5) is 0 Å².